The minimum atomic E-state index is 0.323. The van der Waals surface area contributed by atoms with E-state index in [1.165, 1.54) is 20.1 Å². The average molecular weight is 397 g/mol. The average Bonchev–Trinajstić information content (AvgIpc) is 2.46. The molecule has 20 heavy (non-hydrogen) atoms. The van der Waals surface area contributed by atoms with E-state index in [4.69, 9.17) is 0 Å². The van der Waals surface area contributed by atoms with Crippen molar-refractivity contribution in [1.82, 2.24) is 5.32 Å². The van der Waals surface area contributed by atoms with Crippen LogP contribution >= 0.6 is 31.9 Å². The highest BCUT2D eigenvalue weighted by atomic mass is 79.9. The van der Waals surface area contributed by atoms with Crippen LogP contribution in [0, 0.1) is 0 Å². The molecule has 1 atom stereocenters. The largest absolute Gasteiger partial charge is 0.310 e. The summed E-state index contributed by atoms with van der Waals surface area (Å²) in [5, 5.41) is 3.65. The molecule has 0 spiro atoms. The van der Waals surface area contributed by atoms with Crippen molar-refractivity contribution in [3.8, 4) is 0 Å². The Morgan fingerprint density at radius 1 is 0.950 bits per heavy atom. The maximum atomic E-state index is 3.67. The first-order chi connectivity index (χ1) is 9.72. The van der Waals surface area contributed by atoms with Crippen molar-refractivity contribution in [2.45, 2.75) is 25.8 Å². The van der Waals surface area contributed by atoms with E-state index in [1.807, 2.05) is 0 Å². The molecule has 0 aliphatic carbocycles. The van der Waals surface area contributed by atoms with Gasteiger partial charge in [0, 0.05) is 15.0 Å². The van der Waals surface area contributed by atoms with Crippen LogP contribution in [0.1, 0.15) is 30.5 Å². The predicted octanol–water partition coefficient (Wildman–Crippen LogP) is 5.50. The van der Waals surface area contributed by atoms with Crippen LogP contribution in [0.4, 0.5) is 0 Å². The van der Waals surface area contributed by atoms with E-state index >= 15 is 0 Å². The van der Waals surface area contributed by atoms with E-state index in [-0.39, 0.29) is 0 Å². The normalized spacial score (nSPS) is 12.3. The number of nitrogens with one attached hydrogen (secondary N) is 1. The molecule has 1 N–H and O–H groups in total. The van der Waals surface area contributed by atoms with Crippen molar-refractivity contribution in [3.05, 3.63) is 68.6 Å². The Kier molecular flexibility index (Phi) is 6.27. The maximum absolute atomic E-state index is 3.67. The van der Waals surface area contributed by atoms with Crippen molar-refractivity contribution in [3.63, 3.8) is 0 Å². The molecule has 1 nitrogen and oxygen atoms in total. The van der Waals surface area contributed by atoms with Gasteiger partial charge in [0.05, 0.1) is 0 Å². The molecule has 0 fully saturated rings. The molecule has 0 radical (unpaired) electrons. The van der Waals surface area contributed by atoms with E-state index in [0.29, 0.717) is 6.04 Å². The monoisotopic (exact) mass is 395 g/mol. The summed E-state index contributed by atoms with van der Waals surface area (Å²) in [4.78, 5) is 0. The van der Waals surface area contributed by atoms with Gasteiger partial charge in [-0.25, -0.2) is 0 Å². The van der Waals surface area contributed by atoms with Crippen molar-refractivity contribution >= 4 is 31.9 Å². The minimum absolute atomic E-state index is 0.323. The zero-order valence-electron chi connectivity index (χ0n) is 11.6. The summed E-state index contributed by atoms with van der Waals surface area (Å²) in [5.41, 5.74) is 2.65. The van der Waals surface area contributed by atoms with Crippen LogP contribution < -0.4 is 5.32 Å². The fourth-order valence-electron chi connectivity index (χ4n) is 2.25. The van der Waals surface area contributed by atoms with Crippen LogP contribution in [0.25, 0.3) is 0 Å². The highest BCUT2D eigenvalue weighted by Gasteiger charge is 2.15. The van der Waals surface area contributed by atoms with E-state index in [0.717, 1.165) is 19.4 Å². The Morgan fingerprint density at radius 3 is 2.25 bits per heavy atom. The number of benzene rings is 2. The molecule has 2 aromatic rings. The van der Waals surface area contributed by atoms with Gasteiger partial charge in [-0.1, -0.05) is 75.2 Å². The first-order valence-electron chi connectivity index (χ1n) is 6.93. The first kappa shape index (κ1) is 15.7. The summed E-state index contributed by atoms with van der Waals surface area (Å²) in [6.45, 7) is 3.22. The van der Waals surface area contributed by atoms with Gasteiger partial charge in [-0.2, -0.15) is 0 Å². The van der Waals surface area contributed by atoms with E-state index < -0.39 is 0 Å². The van der Waals surface area contributed by atoms with Gasteiger partial charge in [-0.15, -0.1) is 0 Å². The van der Waals surface area contributed by atoms with Gasteiger partial charge in [0.2, 0.25) is 0 Å². The zero-order chi connectivity index (χ0) is 14.4. The van der Waals surface area contributed by atoms with E-state index in [9.17, 15) is 0 Å². The number of hydrogen-bond donors (Lipinski definition) is 1. The summed E-state index contributed by atoms with van der Waals surface area (Å²) in [7, 11) is 0. The van der Waals surface area contributed by atoms with Crippen LogP contribution in [-0.4, -0.2) is 6.54 Å². The SMILES string of the molecule is CCCNC(Cc1ccccc1Br)c1ccccc1Br. The smallest absolute Gasteiger partial charge is 0.0372 e. The molecule has 106 valence electrons. The van der Waals surface area contributed by atoms with Crippen molar-refractivity contribution < 1.29 is 0 Å². The third-order valence-electron chi connectivity index (χ3n) is 3.30. The standard InChI is InChI=1S/C17H19Br2N/c1-2-11-20-17(14-8-4-6-10-16(14)19)12-13-7-3-5-9-15(13)18/h3-10,17,20H,2,11-12H2,1H3. The third-order valence-corrected chi connectivity index (χ3v) is 4.80. The molecular formula is C17H19Br2N. The van der Waals surface area contributed by atoms with E-state index in [1.54, 1.807) is 0 Å². The lowest BCUT2D eigenvalue weighted by molar-refractivity contribution is 0.527. The zero-order valence-corrected chi connectivity index (χ0v) is 14.7. The van der Waals surface area contributed by atoms with Crippen molar-refractivity contribution in [1.29, 1.82) is 0 Å². The van der Waals surface area contributed by atoms with Gasteiger partial charge in [0.25, 0.3) is 0 Å². The Labute approximate surface area is 138 Å². The molecule has 0 bridgehead atoms. The molecule has 3 heteroatoms. The van der Waals surface area contributed by atoms with Gasteiger partial charge in [0.1, 0.15) is 0 Å². The lowest BCUT2D eigenvalue weighted by Gasteiger charge is -2.21. The molecule has 0 saturated carbocycles. The maximum Gasteiger partial charge on any atom is 0.0372 e. The number of hydrogen-bond acceptors (Lipinski definition) is 1. The van der Waals surface area contributed by atoms with Crippen LogP contribution in [0.3, 0.4) is 0 Å². The van der Waals surface area contributed by atoms with Crippen LogP contribution in [-0.2, 0) is 6.42 Å². The molecule has 2 aromatic carbocycles. The summed E-state index contributed by atoms with van der Waals surface area (Å²) in [6.07, 6.45) is 2.11. The van der Waals surface area contributed by atoms with Crippen molar-refractivity contribution in [2.24, 2.45) is 0 Å². The summed E-state index contributed by atoms with van der Waals surface area (Å²) in [6, 6.07) is 17.2. The Morgan fingerprint density at radius 2 is 1.60 bits per heavy atom. The Balaban J connectivity index is 2.24. The molecule has 0 aliphatic heterocycles. The van der Waals surface area contributed by atoms with Crippen LogP contribution in [0.15, 0.2) is 57.5 Å². The van der Waals surface area contributed by atoms with Crippen LogP contribution in [0.5, 0.6) is 0 Å². The van der Waals surface area contributed by atoms with Crippen LogP contribution in [0.2, 0.25) is 0 Å². The number of halogens is 2. The fourth-order valence-corrected chi connectivity index (χ4v) is 3.26. The van der Waals surface area contributed by atoms with Gasteiger partial charge in [-0.05, 0) is 42.6 Å². The van der Waals surface area contributed by atoms with Gasteiger partial charge >= 0.3 is 0 Å². The molecule has 1 unspecified atom stereocenters. The second kappa shape index (κ2) is 7.96. The molecule has 2 rings (SSSR count). The van der Waals surface area contributed by atoms with Gasteiger partial charge in [0.15, 0.2) is 0 Å². The second-order valence-electron chi connectivity index (χ2n) is 4.82. The second-order valence-corrected chi connectivity index (χ2v) is 6.53. The summed E-state index contributed by atoms with van der Waals surface area (Å²) >= 11 is 7.31. The molecule has 0 aromatic heterocycles. The van der Waals surface area contributed by atoms with Gasteiger partial charge < -0.3 is 5.32 Å². The highest BCUT2D eigenvalue weighted by Crippen LogP contribution is 2.28. The lowest BCUT2D eigenvalue weighted by atomic mass is 9.99. The first-order valence-corrected chi connectivity index (χ1v) is 8.52. The molecule has 0 aliphatic rings. The molecule has 0 heterocycles. The lowest BCUT2D eigenvalue weighted by Crippen LogP contribution is -2.24. The highest BCUT2D eigenvalue weighted by molar-refractivity contribution is 9.10. The molecule has 0 saturated heterocycles. The van der Waals surface area contributed by atoms with Crippen molar-refractivity contribution in [2.75, 3.05) is 6.54 Å². The topological polar surface area (TPSA) is 12.0 Å². The molecule has 0 amide bonds. The summed E-state index contributed by atoms with van der Waals surface area (Å²) in [5.74, 6) is 0. The minimum Gasteiger partial charge on any atom is -0.310 e. The molecular weight excluding hydrogens is 378 g/mol. The van der Waals surface area contributed by atoms with Gasteiger partial charge in [-0.3, -0.25) is 0 Å². The third kappa shape index (κ3) is 4.18. The quantitative estimate of drug-likeness (QED) is 0.680. The van der Waals surface area contributed by atoms with E-state index in [2.05, 4.69) is 92.6 Å². The Bertz CT molecular complexity index is 554. The fraction of sp³-hybridized carbons (Fsp3) is 0.294. The summed E-state index contributed by atoms with van der Waals surface area (Å²) < 4.78 is 2.34. The Hall–Kier alpha value is -0.640. The predicted molar refractivity (Wildman–Crippen MR) is 93.0 cm³/mol. The number of rotatable bonds is 6.